The van der Waals surface area contributed by atoms with Gasteiger partial charge in [0.1, 0.15) is 17.8 Å². The van der Waals surface area contributed by atoms with Gasteiger partial charge in [-0.2, -0.15) is 0 Å². The van der Waals surface area contributed by atoms with E-state index in [-0.39, 0.29) is 43.3 Å². The summed E-state index contributed by atoms with van der Waals surface area (Å²) < 4.78 is 16.8. The third kappa shape index (κ3) is 10.5. The van der Waals surface area contributed by atoms with Crippen LogP contribution in [0.3, 0.4) is 0 Å². The minimum atomic E-state index is -1.43. The van der Waals surface area contributed by atoms with E-state index in [0.717, 1.165) is 0 Å². The van der Waals surface area contributed by atoms with Gasteiger partial charge in [-0.25, -0.2) is 0 Å². The van der Waals surface area contributed by atoms with E-state index in [4.69, 9.17) is 14.2 Å². The van der Waals surface area contributed by atoms with Crippen molar-refractivity contribution in [2.24, 2.45) is 11.8 Å². The van der Waals surface area contributed by atoms with Gasteiger partial charge >= 0.3 is 11.9 Å². The smallest absolute Gasteiger partial charge is 0.309 e. The van der Waals surface area contributed by atoms with Crippen LogP contribution in [0.5, 0.6) is 0 Å². The number of carbonyl (C=O) groups is 2. The normalized spacial score (nSPS) is 36.6. The third-order valence-electron chi connectivity index (χ3n) is 7.66. The van der Waals surface area contributed by atoms with Crippen molar-refractivity contribution in [3.05, 3.63) is 36.0 Å². The molecule has 2 aliphatic heterocycles. The molecule has 0 unspecified atom stereocenters. The van der Waals surface area contributed by atoms with Crippen molar-refractivity contribution in [2.75, 3.05) is 0 Å². The summed E-state index contributed by atoms with van der Waals surface area (Å²) >= 11 is 0. The molecule has 0 radical (unpaired) electrons. The molecule has 2 heterocycles. The lowest BCUT2D eigenvalue weighted by Gasteiger charge is -2.32. The molecule has 2 rings (SSSR count). The van der Waals surface area contributed by atoms with Crippen molar-refractivity contribution >= 4 is 11.9 Å². The largest absolute Gasteiger partial charge is 0.457 e. The topological polar surface area (TPSA) is 146 Å². The lowest BCUT2D eigenvalue weighted by atomic mass is 9.88. The van der Waals surface area contributed by atoms with Gasteiger partial charge in [0, 0.05) is 25.2 Å². The molecule has 222 valence electrons. The van der Waals surface area contributed by atoms with Gasteiger partial charge in [0.15, 0.2) is 0 Å². The lowest BCUT2D eigenvalue weighted by molar-refractivity contribution is -0.157. The highest BCUT2D eigenvalue weighted by molar-refractivity contribution is 5.70. The van der Waals surface area contributed by atoms with E-state index >= 15 is 0 Å². The number of carbonyl (C=O) groups excluding carboxylic acids is 2. The van der Waals surface area contributed by atoms with Gasteiger partial charge < -0.3 is 34.6 Å². The molecular formula is C30H48O9. The Kier molecular flexibility index (Phi) is 11.9. The number of ether oxygens (including phenoxy) is 3. The van der Waals surface area contributed by atoms with E-state index in [1.54, 1.807) is 44.2 Å². The second-order valence-corrected chi connectivity index (χ2v) is 11.7. The molecule has 0 saturated carbocycles. The molecule has 4 N–H and O–H groups in total. The van der Waals surface area contributed by atoms with Crippen LogP contribution in [-0.2, 0) is 23.8 Å². The van der Waals surface area contributed by atoms with Crippen LogP contribution in [0, 0.1) is 11.8 Å². The highest BCUT2D eigenvalue weighted by atomic mass is 16.6. The summed E-state index contributed by atoms with van der Waals surface area (Å²) in [7, 11) is 0. The minimum Gasteiger partial charge on any atom is -0.457 e. The number of allylic oxidation sites excluding steroid dienone is 2. The van der Waals surface area contributed by atoms with Crippen LogP contribution in [0.2, 0.25) is 0 Å². The van der Waals surface area contributed by atoms with E-state index in [9.17, 15) is 30.0 Å². The molecule has 1 saturated heterocycles. The number of epoxide rings is 1. The highest BCUT2D eigenvalue weighted by Gasteiger charge is 2.47. The van der Waals surface area contributed by atoms with Crippen LogP contribution < -0.4 is 0 Å². The van der Waals surface area contributed by atoms with Gasteiger partial charge in [0.05, 0.1) is 36.4 Å². The molecule has 1 fully saturated rings. The standard InChI is InChI=1S/C30H48O9/c1-8-23(33)20(4)28-24(38-28)17-29(6,35)14-9-10-18(2)27-19(3)11-12-25(37-21(5)31)30(7,36)15-13-22(32)16-26(34)39-27/h9-12,14,19-20,22-25,27-28,32-33,35-36H,8,13,15-17H2,1-7H3/b12-11-,14-9+,18-10+/t19-,20-,22+,23+,24+,25+,27-,28+,29+,30-/m1/s1. The first-order valence-electron chi connectivity index (χ1n) is 13.9. The molecule has 39 heavy (non-hydrogen) atoms. The summed E-state index contributed by atoms with van der Waals surface area (Å²) in [5.41, 5.74) is -1.87. The van der Waals surface area contributed by atoms with Crippen LogP contribution in [-0.4, -0.2) is 80.2 Å². The van der Waals surface area contributed by atoms with Crippen LogP contribution in [0.4, 0.5) is 0 Å². The summed E-state index contributed by atoms with van der Waals surface area (Å²) in [4.78, 5) is 24.3. The lowest BCUT2D eigenvalue weighted by Crippen LogP contribution is -2.42. The Hall–Kier alpha value is -2.04. The van der Waals surface area contributed by atoms with Gasteiger partial charge in [0.25, 0.3) is 0 Å². The molecule has 0 aliphatic carbocycles. The van der Waals surface area contributed by atoms with Crippen LogP contribution in [0.15, 0.2) is 36.0 Å². The number of hydrogen-bond donors (Lipinski definition) is 4. The van der Waals surface area contributed by atoms with Crippen molar-refractivity contribution in [2.45, 2.75) is 128 Å². The first-order valence-corrected chi connectivity index (χ1v) is 13.9. The maximum Gasteiger partial charge on any atom is 0.309 e. The fraction of sp³-hybridized carbons (Fsp3) is 0.733. The summed E-state index contributed by atoms with van der Waals surface area (Å²) in [6, 6.07) is 0. The van der Waals surface area contributed by atoms with E-state index < -0.39 is 47.6 Å². The Bertz CT molecular complexity index is 919. The number of hydrogen-bond acceptors (Lipinski definition) is 9. The van der Waals surface area contributed by atoms with Crippen LogP contribution in [0.25, 0.3) is 0 Å². The molecule has 10 atom stereocenters. The maximum atomic E-state index is 12.6. The molecule has 0 spiro atoms. The Labute approximate surface area is 232 Å². The monoisotopic (exact) mass is 552 g/mol. The molecule has 0 bridgehead atoms. The Morgan fingerprint density at radius 2 is 2.00 bits per heavy atom. The average molecular weight is 553 g/mol. The van der Waals surface area contributed by atoms with E-state index in [2.05, 4.69) is 0 Å². The maximum absolute atomic E-state index is 12.6. The van der Waals surface area contributed by atoms with Gasteiger partial charge in [-0.1, -0.05) is 45.1 Å². The first kappa shape index (κ1) is 33.2. The second-order valence-electron chi connectivity index (χ2n) is 11.7. The molecule has 0 aromatic carbocycles. The minimum absolute atomic E-state index is 0.00472. The van der Waals surface area contributed by atoms with Crippen molar-refractivity contribution in [1.29, 1.82) is 0 Å². The molecule has 0 amide bonds. The van der Waals surface area contributed by atoms with E-state index in [0.29, 0.717) is 18.4 Å². The fourth-order valence-electron chi connectivity index (χ4n) is 4.98. The van der Waals surface area contributed by atoms with E-state index in [1.165, 1.54) is 13.8 Å². The second kappa shape index (κ2) is 14.0. The molecule has 9 heteroatoms. The highest BCUT2D eigenvalue weighted by Crippen LogP contribution is 2.37. The predicted molar refractivity (Wildman–Crippen MR) is 146 cm³/mol. The van der Waals surface area contributed by atoms with Crippen molar-refractivity contribution < 1.29 is 44.2 Å². The summed E-state index contributed by atoms with van der Waals surface area (Å²) in [5, 5.41) is 42.2. The molecule has 9 nitrogen and oxygen atoms in total. The molecule has 0 aromatic rings. The van der Waals surface area contributed by atoms with Crippen LogP contribution >= 0.6 is 0 Å². The van der Waals surface area contributed by atoms with Gasteiger partial charge in [-0.3, -0.25) is 9.59 Å². The van der Waals surface area contributed by atoms with Crippen LogP contribution in [0.1, 0.15) is 80.6 Å². The number of esters is 2. The van der Waals surface area contributed by atoms with Crippen molar-refractivity contribution in [3.8, 4) is 0 Å². The predicted octanol–water partition coefficient (Wildman–Crippen LogP) is 3.14. The van der Waals surface area contributed by atoms with Gasteiger partial charge in [-0.05, 0) is 51.7 Å². The molecule has 2 aliphatic rings. The molecule has 0 aromatic heterocycles. The number of aliphatic hydroxyl groups is 4. The summed E-state index contributed by atoms with van der Waals surface area (Å²) in [5.74, 6) is -1.46. The van der Waals surface area contributed by atoms with Crippen molar-refractivity contribution in [3.63, 3.8) is 0 Å². The fourth-order valence-corrected chi connectivity index (χ4v) is 4.98. The Morgan fingerprint density at radius 3 is 2.62 bits per heavy atom. The SMILES string of the molecule is CC[C@H](O)[C@@H](C)[C@@H]1O[C@H]1C[C@@](C)(O)/C=C/C=C(\C)[C@H]1OC(=O)C[C@@H](O)CC[C@@](C)(O)[C@@H](OC(C)=O)/C=C\[C@H]1C. The average Bonchev–Trinajstić information content (AvgIpc) is 3.59. The van der Waals surface area contributed by atoms with E-state index in [1.807, 2.05) is 20.8 Å². The zero-order chi connectivity index (χ0) is 29.5. The number of aliphatic hydroxyl groups excluding tert-OH is 2. The number of rotatable bonds is 9. The quantitative estimate of drug-likeness (QED) is 0.147. The zero-order valence-electron chi connectivity index (χ0n) is 24.4. The van der Waals surface area contributed by atoms with Gasteiger partial charge in [0.2, 0.25) is 0 Å². The summed E-state index contributed by atoms with van der Waals surface area (Å²) in [6.07, 6.45) is 6.23. The first-order chi connectivity index (χ1) is 18.1. The Balaban J connectivity index is 2.18. The Morgan fingerprint density at radius 1 is 1.33 bits per heavy atom. The third-order valence-corrected chi connectivity index (χ3v) is 7.66. The summed E-state index contributed by atoms with van der Waals surface area (Å²) in [6.45, 7) is 12.0. The molecular weight excluding hydrogens is 504 g/mol. The van der Waals surface area contributed by atoms with Gasteiger partial charge in [-0.15, -0.1) is 0 Å². The van der Waals surface area contributed by atoms with Crippen molar-refractivity contribution in [1.82, 2.24) is 0 Å². The zero-order valence-corrected chi connectivity index (χ0v) is 24.4. The number of cyclic esters (lactones) is 1.